The van der Waals surface area contributed by atoms with Crippen LogP contribution in [-0.4, -0.2) is 49.2 Å². The molecule has 0 bridgehead atoms. The van der Waals surface area contributed by atoms with Crippen molar-refractivity contribution in [2.24, 2.45) is 0 Å². The molecule has 0 spiro atoms. The number of amides is 1. The van der Waals surface area contributed by atoms with Crippen LogP contribution >= 0.6 is 0 Å². The Morgan fingerprint density at radius 2 is 1.50 bits per heavy atom. The van der Waals surface area contributed by atoms with E-state index in [1.807, 2.05) is 0 Å². The molecule has 1 aliphatic rings. The molecule has 0 aliphatic carbocycles. The maximum absolute atomic E-state index is 11.5. The van der Waals surface area contributed by atoms with E-state index in [1.54, 1.807) is 0 Å². The molecule has 1 rings (SSSR count). The van der Waals surface area contributed by atoms with E-state index in [-0.39, 0.29) is 71.6 Å². The average Bonchev–Trinajstić information content (AvgIpc) is 3.14. The number of carboxylic acids is 1. The van der Waals surface area contributed by atoms with Gasteiger partial charge in [-0.3, -0.25) is 9.59 Å². The molecule has 176 valence electrons. The molecule has 9 nitrogen and oxygen atoms in total. The third-order valence-electron chi connectivity index (χ3n) is 4.61. The minimum atomic E-state index is -5.07. The molecule has 1 fully saturated rings. The van der Waals surface area contributed by atoms with Crippen LogP contribution in [0.3, 0.4) is 0 Å². The third-order valence-corrected chi connectivity index (χ3v) is 5.66. The Morgan fingerprint density at radius 3 is 1.84 bits per heavy atom. The first-order chi connectivity index (χ1) is 14.2. The maximum atomic E-state index is 11.5. The average molecular weight is 496 g/mol. The summed E-state index contributed by atoms with van der Waals surface area (Å²) in [5, 5.41) is 10.8. The van der Waals surface area contributed by atoms with Crippen LogP contribution in [0.4, 0.5) is 0 Å². The van der Waals surface area contributed by atoms with Crippen LogP contribution in [0, 0.1) is 0 Å². The summed E-state index contributed by atoms with van der Waals surface area (Å²) < 4.78 is 37.3. The first kappa shape index (κ1) is 36.9. The van der Waals surface area contributed by atoms with Crippen molar-refractivity contribution in [2.45, 2.75) is 95.6 Å². The fourth-order valence-electron chi connectivity index (χ4n) is 2.87. The minimum absolute atomic E-state index is 0. The monoisotopic (exact) mass is 495 g/mol. The van der Waals surface area contributed by atoms with Gasteiger partial charge in [-0.15, -0.1) is 0 Å². The number of carbonyl (C=O) groups excluding carboxylic acids is 3. The predicted molar refractivity (Wildman–Crippen MR) is 108 cm³/mol. The number of hydrogen-bond donors (Lipinski definition) is 1. The van der Waals surface area contributed by atoms with Gasteiger partial charge in [-0.2, -0.15) is 0 Å². The molecule has 32 heavy (non-hydrogen) atoms. The number of aliphatic carboxylic acids is 1. The molecular weight excluding hydrogens is 460 g/mol. The molecule has 1 aliphatic heterocycles. The van der Waals surface area contributed by atoms with Gasteiger partial charge in [0.25, 0.3) is 0 Å². The number of carbonyl (C=O) groups is 3. The predicted octanol–water partition coefficient (Wildman–Crippen LogP) is -4.59. The molecule has 1 unspecified atom stereocenters. The molecule has 0 aromatic rings. The van der Waals surface area contributed by atoms with Crippen molar-refractivity contribution in [3.63, 3.8) is 0 Å². The number of ether oxygens (including phenoxy) is 1. The molecule has 1 N–H and O–H groups in total. The molecule has 0 radical (unpaired) electrons. The fourth-order valence-corrected chi connectivity index (χ4v) is 3.52. The summed E-state index contributed by atoms with van der Waals surface area (Å²) in [6.45, 7) is 3.05. The molecule has 0 saturated carbocycles. The van der Waals surface area contributed by atoms with Crippen LogP contribution in [0.5, 0.6) is 0 Å². The van der Waals surface area contributed by atoms with Crippen molar-refractivity contribution in [2.75, 3.05) is 13.2 Å². The van der Waals surface area contributed by atoms with Gasteiger partial charge < -0.3 is 24.5 Å². The second-order valence-corrected chi connectivity index (χ2v) is 8.92. The van der Waals surface area contributed by atoms with E-state index in [2.05, 4.69) is 12.2 Å². The Hall–Kier alpha value is 0.320. The molecule has 1 saturated heterocycles. The van der Waals surface area contributed by atoms with Gasteiger partial charge in [0.15, 0.2) is 5.25 Å². The van der Waals surface area contributed by atoms with Gasteiger partial charge >= 0.3 is 65.1 Å². The SMILES string of the molecule is CCCCCCCCCCCCOC(=O)C(CC(=O)[O-])S(=O)(=O)[O-].O=C1CCCN1.[Na+].[Na+]. The zero-order chi connectivity index (χ0) is 22.8. The maximum Gasteiger partial charge on any atom is 1.00 e. The number of rotatable bonds is 15. The van der Waals surface area contributed by atoms with Crippen LogP contribution in [0.1, 0.15) is 90.4 Å². The van der Waals surface area contributed by atoms with Gasteiger partial charge in [0.2, 0.25) is 5.91 Å². The summed E-state index contributed by atoms with van der Waals surface area (Å²) in [6, 6.07) is 0. The van der Waals surface area contributed by atoms with E-state index >= 15 is 0 Å². The van der Waals surface area contributed by atoms with Crippen molar-refractivity contribution in [3.05, 3.63) is 0 Å². The van der Waals surface area contributed by atoms with Crippen molar-refractivity contribution in [1.29, 1.82) is 0 Å². The van der Waals surface area contributed by atoms with Crippen molar-refractivity contribution in [3.8, 4) is 0 Å². The van der Waals surface area contributed by atoms with E-state index in [1.165, 1.54) is 38.5 Å². The van der Waals surface area contributed by atoms with Crippen molar-refractivity contribution >= 4 is 28.0 Å². The Balaban J connectivity index is -0.000000901. The van der Waals surface area contributed by atoms with Gasteiger partial charge in [-0.1, -0.05) is 64.7 Å². The molecule has 1 atom stereocenters. The Kier molecular flexibility index (Phi) is 26.6. The molecule has 1 heterocycles. The molecule has 0 aromatic heterocycles. The van der Waals surface area contributed by atoms with Crippen LogP contribution in [0.25, 0.3) is 0 Å². The summed E-state index contributed by atoms with van der Waals surface area (Å²) in [7, 11) is -5.07. The van der Waals surface area contributed by atoms with E-state index in [9.17, 15) is 32.5 Å². The zero-order valence-corrected chi connectivity index (χ0v) is 24.7. The van der Waals surface area contributed by atoms with E-state index in [4.69, 9.17) is 4.74 Å². The summed E-state index contributed by atoms with van der Waals surface area (Å²) in [5.74, 6) is -2.89. The van der Waals surface area contributed by atoms with Crippen LogP contribution < -0.4 is 69.5 Å². The van der Waals surface area contributed by atoms with Gasteiger partial charge in [0.1, 0.15) is 10.1 Å². The van der Waals surface area contributed by atoms with Crippen molar-refractivity contribution < 1.29 is 96.3 Å². The second kappa shape index (κ2) is 23.1. The first-order valence-corrected chi connectivity index (χ1v) is 12.2. The fraction of sp³-hybridized carbons (Fsp3) is 0.850. The summed E-state index contributed by atoms with van der Waals surface area (Å²) in [6.07, 6.45) is 11.5. The number of unbranched alkanes of at least 4 members (excludes halogenated alkanes) is 9. The number of esters is 1. The third kappa shape index (κ3) is 22.1. The number of carboxylic acid groups (broad SMARTS) is 1. The summed E-state index contributed by atoms with van der Waals surface area (Å²) >= 11 is 0. The quantitative estimate of drug-likeness (QED) is 0.103. The standard InChI is InChI=1S/C16H30O7S.C4H7NO.2Na/c1-2-3-4-5-6-7-8-9-10-11-12-23-16(19)14(13-15(17)18)24(20,21)22;6-4-2-1-3-5-4;;/h14H,2-13H2,1H3,(H,17,18)(H,20,21,22);1-3H2,(H,5,6);;/q;;2*+1/p-2. The van der Waals surface area contributed by atoms with Gasteiger partial charge in [-0.25, -0.2) is 8.42 Å². The zero-order valence-electron chi connectivity index (χ0n) is 19.9. The smallest absolute Gasteiger partial charge is 0.747 e. The van der Waals surface area contributed by atoms with Crippen LogP contribution in [0.15, 0.2) is 0 Å². The number of nitrogens with one attached hydrogen (secondary N) is 1. The van der Waals surface area contributed by atoms with Gasteiger partial charge in [0.05, 0.1) is 6.61 Å². The Labute approximate surface area is 236 Å². The van der Waals surface area contributed by atoms with E-state index < -0.39 is 33.7 Å². The van der Waals surface area contributed by atoms with E-state index in [0.717, 1.165) is 38.6 Å². The van der Waals surface area contributed by atoms with Crippen molar-refractivity contribution in [1.82, 2.24) is 5.32 Å². The molecule has 0 aromatic carbocycles. The molecule has 1 amide bonds. The van der Waals surface area contributed by atoms with Crippen LogP contribution in [0.2, 0.25) is 0 Å². The topological polar surface area (TPSA) is 153 Å². The largest absolute Gasteiger partial charge is 1.00 e. The number of hydrogen-bond acceptors (Lipinski definition) is 8. The Morgan fingerprint density at radius 1 is 1.00 bits per heavy atom. The van der Waals surface area contributed by atoms with Crippen LogP contribution in [-0.2, 0) is 29.2 Å². The molecule has 12 heteroatoms. The summed E-state index contributed by atoms with van der Waals surface area (Å²) in [5.41, 5.74) is 0. The van der Waals surface area contributed by atoms with Gasteiger partial charge in [-0.05, 0) is 12.8 Å². The minimum Gasteiger partial charge on any atom is -0.747 e. The van der Waals surface area contributed by atoms with E-state index in [0.29, 0.717) is 6.42 Å². The summed E-state index contributed by atoms with van der Waals surface area (Å²) in [4.78, 5) is 32.0. The molecular formula is C20H35NNa2O8S. The second-order valence-electron chi connectivity index (χ2n) is 7.36. The van der Waals surface area contributed by atoms with Gasteiger partial charge in [0, 0.05) is 25.4 Å². The first-order valence-electron chi connectivity index (χ1n) is 10.8. The normalized spacial score (nSPS) is 13.5. The Bertz CT molecular complexity index is 609.